The topological polar surface area (TPSA) is 40.6 Å². The van der Waals surface area contributed by atoms with Gasteiger partial charge in [-0.25, -0.2) is 17.2 Å². The van der Waals surface area contributed by atoms with Crippen LogP contribution in [0.2, 0.25) is 0 Å². The van der Waals surface area contributed by atoms with Gasteiger partial charge in [0.25, 0.3) is 0 Å². The van der Waals surface area contributed by atoms with Crippen LogP contribution < -0.4 is 4.90 Å². The zero-order valence-electron chi connectivity index (χ0n) is 18.7. The molecule has 0 aromatic heterocycles. The number of halogens is 2. The van der Waals surface area contributed by atoms with Gasteiger partial charge in [-0.3, -0.25) is 4.90 Å². The number of alkyl halides is 2. The Morgan fingerprint density at radius 3 is 1.94 bits per heavy atom. The number of sulfone groups is 1. The molecule has 0 unspecified atom stereocenters. The maximum absolute atomic E-state index is 12.8. The smallest absolute Gasteiger partial charge is 0.241 e. The molecule has 0 radical (unpaired) electrons. The largest absolute Gasteiger partial charge is 0.369 e. The summed E-state index contributed by atoms with van der Waals surface area (Å²) < 4.78 is 49.0. The first-order chi connectivity index (χ1) is 15.3. The summed E-state index contributed by atoms with van der Waals surface area (Å²) in [6, 6.07) is 19.1. The Balaban J connectivity index is 0.000000416. The summed E-state index contributed by atoms with van der Waals surface area (Å²) in [4.78, 5) is 5.00. The molecule has 32 heavy (non-hydrogen) atoms. The van der Waals surface area contributed by atoms with Crippen molar-refractivity contribution in [3.63, 3.8) is 0 Å². The number of anilines is 1. The third kappa shape index (κ3) is 7.55. The van der Waals surface area contributed by atoms with Gasteiger partial charge in [0, 0.05) is 50.6 Å². The van der Waals surface area contributed by atoms with Crippen LogP contribution in [0, 0.1) is 11.8 Å². The molecule has 1 aliphatic heterocycles. The summed E-state index contributed by atoms with van der Waals surface area (Å²) in [5.74, 6) is 0.135. The lowest BCUT2D eigenvalue weighted by Crippen LogP contribution is -2.48. The molecular formula is C25H34F2N2O2S. The third-order valence-electron chi connectivity index (χ3n) is 6.41. The molecule has 1 saturated heterocycles. The van der Waals surface area contributed by atoms with Crippen molar-refractivity contribution in [1.82, 2.24) is 4.90 Å². The number of piperazine rings is 1. The summed E-state index contributed by atoms with van der Waals surface area (Å²) in [7, 11) is -3.20. The van der Waals surface area contributed by atoms with Crippen LogP contribution in [0.5, 0.6) is 0 Å². The number of benzene rings is 2. The van der Waals surface area contributed by atoms with E-state index in [1.54, 1.807) is 18.2 Å². The summed E-state index contributed by atoms with van der Waals surface area (Å²) >= 11 is 0. The molecule has 4 rings (SSSR count). The van der Waals surface area contributed by atoms with Gasteiger partial charge >= 0.3 is 0 Å². The van der Waals surface area contributed by atoms with Crippen LogP contribution in [0.1, 0.15) is 25.7 Å². The minimum Gasteiger partial charge on any atom is -0.369 e. The molecule has 2 aliphatic rings. The molecule has 176 valence electrons. The SMILES string of the molecule is CS(=O)(=O)c1cccc(N2CCN(CC3CCC(C(F)F)CC3)CC2)c1.c1ccccc1. The van der Waals surface area contributed by atoms with E-state index in [2.05, 4.69) is 9.80 Å². The minimum atomic E-state index is -3.20. The molecule has 0 atom stereocenters. The first-order valence-corrected chi connectivity index (χ1v) is 13.3. The monoisotopic (exact) mass is 464 g/mol. The van der Waals surface area contributed by atoms with E-state index < -0.39 is 22.2 Å². The van der Waals surface area contributed by atoms with E-state index in [4.69, 9.17) is 0 Å². The fourth-order valence-corrected chi connectivity index (χ4v) is 5.13. The number of hydrogen-bond acceptors (Lipinski definition) is 4. The van der Waals surface area contributed by atoms with E-state index in [1.807, 2.05) is 42.5 Å². The number of nitrogens with zero attached hydrogens (tertiary/aromatic N) is 2. The predicted molar refractivity (Wildman–Crippen MR) is 126 cm³/mol. The van der Waals surface area contributed by atoms with Gasteiger partial charge in [-0.2, -0.15) is 0 Å². The van der Waals surface area contributed by atoms with Crippen molar-refractivity contribution in [2.75, 3.05) is 43.9 Å². The Bertz CT molecular complexity index is 882. The number of hydrogen-bond donors (Lipinski definition) is 0. The Labute approximate surface area is 191 Å². The molecule has 0 bridgehead atoms. The van der Waals surface area contributed by atoms with Gasteiger partial charge in [0.15, 0.2) is 9.84 Å². The van der Waals surface area contributed by atoms with Crippen LogP contribution in [0.4, 0.5) is 14.5 Å². The zero-order valence-corrected chi connectivity index (χ0v) is 19.6. The summed E-state index contributed by atoms with van der Waals surface area (Å²) in [5.41, 5.74) is 0.949. The second-order valence-electron chi connectivity index (χ2n) is 8.83. The lowest BCUT2D eigenvalue weighted by Gasteiger charge is -2.39. The fraction of sp³-hybridized carbons (Fsp3) is 0.520. The lowest BCUT2D eigenvalue weighted by atomic mass is 9.82. The van der Waals surface area contributed by atoms with Gasteiger partial charge in [0.2, 0.25) is 6.43 Å². The molecule has 0 spiro atoms. The average molecular weight is 465 g/mol. The van der Waals surface area contributed by atoms with Crippen LogP contribution in [0.3, 0.4) is 0 Å². The van der Waals surface area contributed by atoms with Crippen LogP contribution in [-0.4, -0.2) is 58.7 Å². The highest BCUT2D eigenvalue weighted by Crippen LogP contribution is 2.33. The Morgan fingerprint density at radius 1 is 0.875 bits per heavy atom. The van der Waals surface area contributed by atoms with Crippen LogP contribution in [0.15, 0.2) is 65.6 Å². The zero-order chi connectivity index (χ0) is 23.0. The Morgan fingerprint density at radius 2 is 1.44 bits per heavy atom. The summed E-state index contributed by atoms with van der Waals surface area (Å²) in [6.07, 6.45) is 2.19. The minimum absolute atomic E-state index is 0.355. The van der Waals surface area contributed by atoms with Crippen LogP contribution in [0.25, 0.3) is 0 Å². The molecule has 1 heterocycles. The maximum Gasteiger partial charge on any atom is 0.241 e. The van der Waals surface area contributed by atoms with Gasteiger partial charge in [-0.1, -0.05) is 42.5 Å². The molecule has 4 nitrogen and oxygen atoms in total. The normalized spacial score (nSPS) is 22.3. The quantitative estimate of drug-likeness (QED) is 0.627. The highest BCUT2D eigenvalue weighted by atomic mass is 32.2. The van der Waals surface area contributed by atoms with Crippen molar-refractivity contribution in [2.24, 2.45) is 11.8 Å². The molecule has 0 N–H and O–H groups in total. The van der Waals surface area contributed by atoms with E-state index in [9.17, 15) is 17.2 Å². The van der Waals surface area contributed by atoms with Crippen molar-refractivity contribution in [1.29, 1.82) is 0 Å². The van der Waals surface area contributed by atoms with E-state index in [-0.39, 0.29) is 0 Å². The molecule has 7 heteroatoms. The van der Waals surface area contributed by atoms with Gasteiger partial charge < -0.3 is 4.90 Å². The van der Waals surface area contributed by atoms with Crippen LogP contribution in [-0.2, 0) is 9.84 Å². The maximum atomic E-state index is 12.8. The molecular weight excluding hydrogens is 430 g/mol. The third-order valence-corrected chi connectivity index (χ3v) is 7.52. The molecule has 1 aliphatic carbocycles. The summed E-state index contributed by atoms with van der Waals surface area (Å²) in [5, 5.41) is 0. The van der Waals surface area contributed by atoms with Crippen molar-refractivity contribution < 1.29 is 17.2 Å². The van der Waals surface area contributed by atoms with Crippen molar-refractivity contribution in [3.05, 3.63) is 60.7 Å². The van der Waals surface area contributed by atoms with E-state index in [0.717, 1.165) is 51.3 Å². The van der Waals surface area contributed by atoms with E-state index >= 15 is 0 Å². The molecule has 1 saturated carbocycles. The van der Waals surface area contributed by atoms with Crippen LogP contribution >= 0.6 is 0 Å². The first kappa shape index (κ1) is 24.6. The van der Waals surface area contributed by atoms with Gasteiger partial charge in [-0.15, -0.1) is 0 Å². The number of rotatable bonds is 5. The Hall–Kier alpha value is -1.99. The predicted octanol–water partition coefficient (Wildman–Crippen LogP) is 4.97. The molecule has 2 fully saturated rings. The standard InChI is InChI=1S/C19H28F2N2O2S.C6H6/c1-26(24,25)18-4-2-3-17(13-18)23-11-9-22(10-12-23)14-15-5-7-16(8-6-15)19(20)21;1-2-4-6-5-3-1/h2-4,13,15-16,19H,5-12,14H2,1H3;1-6H. The fourth-order valence-electron chi connectivity index (χ4n) is 4.47. The highest BCUT2D eigenvalue weighted by Gasteiger charge is 2.29. The summed E-state index contributed by atoms with van der Waals surface area (Å²) in [6.45, 7) is 4.57. The molecule has 2 aromatic carbocycles. The highest BCUT2D eigenvalue weighted by molar-refractivity contribution is 7.90. The first-order valence-electron chi connectivity index (χ1n) is 11.4. The van der Waals surface area contributed by atoms with Gasteiger partial charge in [0.1, 0.15) is 0 Å². The average Bonchev–Trinajstić information content (AvgIpc) is 2.81. The van der Waals surface area contributed by atoms with Crippen molar-refractivity contribution in [2.45, 2.75) is 37.0 Å². The lowest BCUT2D eigenvalue weighted by molar-refractivity contribution is 0.0415. The van der Waals surface area contributed by atoms with E-state index in [1.165, 1.54) is 6.26 Å². The second-order valence-corrected chi connectivity index (χ2v) is 10.8. The van der Waals surface area contributed by atoms with Gasteiger partial charge in [0.05, 0.1) is 4.90 Å². The van der Waals surface area contributed by atoms with E-state index in [0.29, 0.717) is 23.7 Å². The molecule has 0 amide bonds. The Kier molecular flexibility index (Phi) is 9.05. The molecule has 2 aromatic rings. The van der Waals surface area contributed by atoms with Crippen molar-refractivity contribution in [3.8, 4) is 0 Å². The van der Waals surface area contributed by atoms with Gasteiger partial charge in [-0.05, 0) is 49.8 Å². The van der Waals surface area contributed by atoms with Crippen molar-refractivity contribution >= 4 is 15.5 Å². The second kappa shape index (κ2) is 11.8.